The first-order valence-corrected chi connectivity index (χ1v) is 5.56. The molecule has 1 saturated carbocycles. The number of halogens is 1. The van der Waals surface area contributed by atoms with Crippen LogP contribution in [-0.4, -0.2) is 18.8 Å². The minimum atomic E-state index is -1.30. The van der Waals surface area contributed by atoms with Crippen molar-refractivity contribution in [3.8, 4) is 12.3 Å². The number of rotatable bonds is 0. The summed E-state index contributed by atoms with van der Waals surface area (Å²) in [5.74, 6) is 2.32. The summed E-state index contributed by atoms with van der Waals surface area (Å²) in [5.41, 5.74) is -0.881. The molecule has 0 atom stereocenters. The number of hydrogen-bond acceptors (Lipinski definition) is 1. The molecule has 0 radical (unpaired) electrons. The summed E-state index contributed by atoms with van der Waals surface area (Å²) in [6.07, 6.45) is 10.7. The molecular weight excluding hydrogens is 177 g/mol. The fourth-order valence-electron chi connectivity index (χ4n) is 2.78. The van der Waals surface area contributed by atoms with E-state index in [2.05, 4.69) is 11.2 Å². The maximum Gasteiger partial charge on any atom is 0.170 e. The molecule has 14 heavy (non-hydrogen) atoms. The average Bonchev–Trinajstić information content (AvgIpc) is 2.25. The van der Waals surface area contributed by atoms with Crippen molar-refractivity contribution >= 4 is 0 Å². The molecule has 2 heteroatoms. The highest BCUT2D eigenvalue weighted by Crippen LogP contribution is 2.47. The number of piperidine rings is 1. The van der Waals surface area contributed by atoms with E-state index in [1.54, 1.807) is 0 Å². The van der Waals surface area contributed by atoms with Gasteiger partial charge in [0, 0.05) is 0 Å². The van der Waals surface area contributed by atoms with Crippen molar-refractivity contribution in [1.29, 1.82) is 0 Å². The van der Waals surface area contributed by atoms with Crippen LogP contribution in [0.3, 0.4) is 0 Å². The smallest absolute Gasteiger partial charge is 0.170 e. The molecule has 0 aromatic rings. The normalized spacial score (nSPS) is 29.7. The van der Waals surface area contributed by atoms with Gasteiger partial charge < -0.3 is 5.32 Å². The third kappa shape index (κ3) is 1.79. The molecule has 2 fully saturated rings. The van der Waals surface area contributed by atoms with Gasteiger partial charge in [-0.1, -0.05) is 5.92 Å². The molecule has 1 spiro atoms. The van der Waals surface area contributed by atoms with E-state index in [4.69, 9.17) is 6.42 Å². The molecular formula is C12H18FN. The lowest BCUT2D eigenvalue weighted by atomic mass is 9.65. The summed E-state index contributed by atoms with van der Waals surface area (Å²) in [5, 5.41) is 3.36. The van der Waals surface area contributed by atoms with Gasteiger partial charge in [0.15, 0.2) is 5.67 Å². The van der Waals surface area contributed by atoms with Crippen molar-refractivity contribution in [2.24, 2.45) is 5.41 Å². The minimum Gasteiger partial charge on any atom is -0.317 e. The van der Waals surface area contributed by atoms with Crippen molar-refractivity contribution < 1.29 is 4.39 Å². The Kier molecular flexibility index (Phi) is 2.53. The van der Waals surface area contributed by atoms with Crippen LogP contribution in [0.4, 0.5) is 4.39 Å². The van der Waals surface area contributed by atoms with Gasteiger partial charge in [-0.15, -0.1) is 6.42 Å². The SMILES string of the molecule is C#CC1(F)CCC2(CCNCC2)CC1. The third-order valence-corrected chi connectivity index (χ3v) is 4.03. The number of hydrogen-bond donors (Lipinski definition) is 1. The van der Waals surface area contributed by atoms with E-state index in [9.17, 15) is 4.39 Å². The maximum atomic E-state index is 13.8. The van der Waals surface area contributed by atoms with Gasteiger partial charge in [-0.2, -0.15) is 0 Å². The molecule has 1 saturated heterocycles. The first-order valence-electron chi connectivity index (χ1n) is 5.56. The Bertz CT molecular complexity index is 238. The lowest BCUT2D eigenvalue weighted by Gasteiger charge is -2.43. The second kappa shape index (κ2) is 3.55. The van der Waals surface area contributed by atoms with Gasteiger partial charge in [0.1, 0.15) is 0 Å². The van der Waals surface area contributed by atoms with E-state index in [0.29, 0.717) is 18.3 Å². The van der Waals surface area contributed by atoms with E-state index < -0.39 is 5.67 Å². The topological polar surface area (TPSA) is 12.0 Å². The van der Waals surface area contributed by atoms with Crippen molar-refractivity contribution in [2.75, 3.05) is 13.1 Å². The molecule has 0 bridgehead atoms. The molecule has 0 aromatic carbocycles. The van der Waals surface area contributed by atoms with E-state index >= 15 is 0 Å². The van der Waals surface area contributed by atoms with Crippen LogP contribution >= 0.6 is 0 Å². The Morgan fingerprint density at radius 1 is 1.00 bits per heavy atom. The molecule has 1 heterocycles. The van der Waals surface area contributed by atoms with Crippen molar-refractivity contribution in [2.45, 2.75) is 44.2 Å². The monoisotopic (exact) mass is 195 g/mol. The van der Waals surface area contributed by atoms with Crippen LogP contribution in [-0.2, 0) is 0 Å². The highest BCUT2D eigenvalue weighted by atomic mass is 19.1. The summed E-state index contributed by atoms with van der Waals surface area (Å²) in [7, 11) is 0. The predicted octanol–water partition coefficient (Wildman–Crippen LogP) is 2.27. The molecule has 2 aliphatic rings. The number of terminal acetylenes is 1. The van der Waals surface area contributed by atoms with E-state index in [1.165, 1.54) is 12.8 Å². The van der Waals surface area contributed by atoms with Gasteiger partial charge in [0.2, 0.25) is 0 Å². The third-order valence-electron chi connectivity index (χ3n) is 4.03. The zero-order chi connectivity index (χ0) is 10.1. The van der Waals surface area contributed by atoms with Crippen LogP contribution in [0, 0.1) is 17.8 Å². The largest absolute Gasteiger partial charge is 0.317 e. The molecule has 2 rings (SSSR count). The van der Waals surface area contributed by atoms with Crippen LogP contribution in [0.15, 0.2) is 0 Å². The molecule has 0 unspecified atom stereocenters. The standard InChI is InChI=1S/C12H18FN/c1-2-12(13)5-3-11(4-6-12)7-9-14-10-8-11/h1,14H,3-10H2. The second-order valence-corrected chi connectivity index (χ2v) is 4.86. The van der Waals surface area contributed by atoms with Gasteiger partial charge in [0.05, 0.1) is 0 Å². The fourth-order valence-corrected chi connectivity index (χ4v) is 2.78. The average molecular weight is 195 g/mol. The Hall–Kier alpha value is -0.550. The Morgan fingerprint density at radius 2 is 1.57 bits per heavy atom. The summed E-state index contributed by atoms with van der Waals surface area (Å²) >= 11 is 0. The van der Waals surface area contributed by atoms with Gasteiger partial charge in [-0.05, 0) is 57.0 Å². The Labute approximate surface area is 85.5 Å². The molecule has 0 aromatic heterocycles. The van der Waals surface area contributed by atoms with Crippen LogP contribution in [0.25, 0.3) is 0 Å². The van der Waals surface area contributed by atoms with Crippen molar-refractivity contribution in [1.82, 2.24) is 5.32 Å². The van der Waals surface area contributed by atoms with Crippen LogP contribution < -0.4 is 5.32 Å². The summed E-state index contributed by atoms with van der Waals surface area (Å²) in [6, 6.07) is 0. The fraction of sp³-hybridized carbons (Fsp3) is 0.833. The van der Waals surface area contributed by atoms with E-state index in [0.717, 1.165) is 25.9 Å². The Morgan fingerprint density at radius 3 is 2.07 bits per heavy atom. The molecule has 1 N–H and O–H groups in total. The van der Waals surface area contributed by atoms with E-state index in [-0.39, 0.29) is 0 Å². The number of nitrogens with one attached hydrogen (secondary N) is 1. The minimum absolute atomic E-state index is 0.414. The molecule has 0 amide bonds. The first-order chi connectivity index (χ1) is 6.68. The maximum absolute atomic E-state index is 13.8. The zero-order valence-electron chi connectivity index (χ0n) is 8.61. The van der Waals surface area contributed by atoms with Crippen molar-refractivity contribution in [3.63, 3.8) is 0 Å². The quantitative estimate of drug-likeness (QED) is 0.585. The number of alkyl halides is 1. The lowest BCUT2D eigenvalue weighted by Crippen LogP contribution is -2.42. The highest BCUT2D eigenvalue weighted by molar-refractivity contribution is 5.11. The van der Waals surface area contributed by atoms with E-state index in [1.807, 2.05) is 0 Å². The first kappa shape index (κ1) is 9.98. The van der Waals surface area contributed by atoms with Crippen LogP contribution in [0.5, 0.6) is 0 Å². The van der Waals surface area contributed by atoms with Gasteiger partial charge in [-0.25, -0.2) is 4.39 Å². The van der Waals surface area contributed by atoms with Gasteiger partial charge in [-0.3, -0.25) is 0 Å². The van der Waals surface area contributed by atoms with Gasteiger partial charge >= 0.3 is 0 Å². The summed E-state index contributed by atoms with van der Waals surface area (Å²) in [6.45, 7) is 2.19. The highest BCUT2D eigenvalue weighted by Gasteiger charge is 2.42. The molecule has 1 aliphatic carbocycles. The molecule has 1 aliphatic heterocycles. The van der Waals surface area contributed by atoms with Crippen LogP contribution in [0.2, 0.25) is 0 Å². The van der Waals surface area contributed by atoms with Gasteiger partial charge in [0.25, 0.3) is 0 Å². The Balaban J connectivity index is 1.98. The van der Waals surface area contributed by atoms with Crippen LogP contribution in [0.1, 0.15) is 38.5 Å². The molecule has 1 nitrogen and oxygen atoms in total. The zero-order valence-corrected chi connectivity index (χ0v) is 8.61. The summed E-state index contributed by atoms with van der Waals surface area (Å²) < 4.78 is 13.8. The second-order valence-electron chi connectivity index (χ2n) is 4.86. The van der Waals surface area contributed by atoms with Crippen molar-refractivity contribution in [3.05, 3.63) is 0 Å². The lowest BCUT2D eigenvalue weighted by molar-refractivity contribution is 0.0557. The molecule has 78 valence electrons. The predicted molar refractivity (Wildman–Crippen MR) is 55.7 cm³/mol. The summed E-state index contributed by atoms with van der Waals surface area (Å²) in [4.78, 5) is 0.